The molecule has 4 aliphatic rings. The number of fused-ring (bicyclic) bond motifs is 6. The molecule has 0 bridgehead atoms. The first kappa shape index (κ1) is 27.1. The number of methoxy groups -OCH3 is 2. The summed E-state index contributed by atoms with van der Waals surface area (Å²) in [6.07, 6.45) is 0. The van der Waals surface area contributed by atoms with E-state index in [1.807, 2.05) is 48.3 Å². The molecule has 190 valence electrons. The first-order valence-corrected chi connectivity index (χ1v) is 11.4. The van der Waals surface area contributed by atoms with Crippen molar-refractivity contribution < 1.29 is 19.1 Å². The predicted octanol–water partition coefficient (Wildman–Crippen LogP) is 2.17. The van der Waals surface area contributed by atoms with Gasteiger partial charge in [-0.1, -0.05) is 0 Å². The second-order valence-electron chi connectivity index (χ2n) is 9.00. The Morgan fingerprint density at radius 1 is 0.800 bits per heavy atom. The zero-order valence-corrected chi connectivity index (χ0v) is 21.6. The molecule has 2 fully saturated rings. The van der Waals surface area contributed by atoms with E-state index in [9.17, 15) is 9.59 Å². The number of halogens is 2. The minimum absolute atomic E-state index is 0. The molecule has 3 N–H and O–H groups in total. The van der Waals surface area contributed by atoms with Crippen molar-refractivity contribution in [3.8, 4) is 11.5 Å². The van der Waals surface area contributed by atoms with Crippen molar-refractivity contribution in [3.05, 3.63) is 58.7 Å². The summed E-state index contributed by atoms with van der Waals surface area (Å²) in [6.45, 7) is 3.59. The molecule has 0 unspecified atom stereocenters. The molecule has 2 aromatic carbocycles. The number of ether oxygens (including phenoxy) is 2. The molecule has 0 spiro atoms. The normalized spacial score (nSPS) is 25.3. The Kier molecular flexibility index (Phi) is 8.54. The van der Waals surface area contributed by atoms with E-state index in [-0.39, 0.29) is 48.7 Å². The molecule has 6 rings (SSSR count). The molecule has 0 aliphatic carbocycles. The summed E-state index contributed by atoms with van der Waals surface area (Å²) in [6, 6.07) is 11.9. The second kappa shape index (κ2) is 11.0. The summed E-state index contributed by atoms with van der Waals surface area (Å²) in [5.74, 6) is 2.56. The van der Waals surface area contributed by atoms with Crippen LogP contribution in [0.5, 0.6) is 11.5 Å². The summed E-state index contributed by atoms with van der Waals surface area (Å²) in [5.41, 5.74) is 3.84. The van der Waals surface area contributed by atoms with Gasteiger partial charge >= 0.3 is 0 Å². The number of hydrogen-bond donors (Lipinski definition) is 3. The van der Waals surface area contributed by atoms with Gasteiger partial charge in [-0.15, -0.1) is 24.8 Å². The number of rotatable bonds is 2. The fourth-order valence-corrected chi connectivity index (χ4v) is 5.48. The van der Waals surface area contributed by atoms with Crippen molar-refractivity contribution in [1.29, 1.82) is 0 Å². The van der Waals surface area contributed by atoms with Crippen LogP contribution in [0.3, 0.4) is 0 Å². The minimum atomic E-state index is 0. The molecule has 0 saturated carbocycles. The molecule has 0 radical (unpaired) electrons. The second-order valence-corrected chi connectivity index (χ2v) is 9.00. The molecule has 35 heavy (non-hydrogen) atoms. The number of benzene rings is 2. The highest BCUT2D eigenvalue weighted by Crippen LogP contribution is 2.36. The standard InChI is InChI=1S/C13H16N2O2.C12H14N2O2.2ClH/c1-15-12-7-14-6-11(12)10-5-8(17-2)3-4-9(10)13(15)16;1-16-7-2-3-8-9(4-7)10-5-13-6-11(10)14-12(8)15;;/h3-5,11-12,14H,6-7H2,1-2H3;2-4,10-11,13H,5-6H2,1H3,(H,14,15);2*1H/t11-,12+;10-,11+;;/m00../s1. The highest BCUT2D eigenvalue weighted by molar-refractivity contribution is 5.98. The van der Waals surface area contributed by atoms with Gasteiger partial charge in [0.25, 0.3) is 11.8 Å². The van der Waals surface area contributed by atoms with Crippen LogP contribution in [0.4, 0.5) is 0 Å². The van der Waals surface area contributed by atoms with E-state index >= 15 is 0 Å². The molecule has 10 heteroatoms. The number of amides is 2. The monoisotopic (exact) mass is 522 g/mol. The highest BCUT2D eigenvalue weighted by atomic mass is 35.5. The highest BCUT2D eigenvalue weighted by Gasteiger charge is 2.40. The lowest BCUT2D eigenvalue weighted by Gasteiger charge is -2.35. The summed E-state index contributed by atoms with van der Waals surface area (Å²) in [4.78, 5) is 25.9. The van der Waals surface area contributed by atoms with Crippen LogP contribution in [-0.2, 0) is 0 Å². The number of nitrogens with one attached hydrogen (secondary N) is 3. The van der Waals surface area contributed by atoms with Crippen molar-refractivity contribution in [1.82, 2.24) is 20.9 Å². The molecular weight excluding hydrogens is 491 g/mol. The Bertz CT molecular complexity index is 1100. The maximum Gasteiger partial charge on any atom is 0.254 e. The van der Waals surface area contributed by atoms with Gasteiger partial charge in [0, 0.05) is 62.2 Å². The van der Waals surface area contributed by atoms with Crippen LogP contribution < -0.4 is 25.4 Å². The molecule has 4 atom stereocenters. The topological polar surface area (TPSA) is 91.9 Å². The van der Waals surface area contributed by atoms with E-state index in [0.29, 0.717) is 11.8 Å². The lowest BCUT2D eigenvalue weighted by molar-refractivity contribution is 0.0705. The first-order valence-electron chi connectivity index (χ1n) is 11.4. The van der Waals surface area contributed by atoms with Gasteiger partial charge in [-0.25, -0.2) is 0 Å². The summed E-state index contributed by atoms with van der Waals surface area (Å²) >= 11 is 0. The summed E-state index contributed by atoms with van der Waals surface area (Å²) in [7, 11) is 5.19. The maximum atomic E-state index is 12.2. The predicted molar refractivity (Wildman–Crippen MR) is 139 cm³/mol. The van der Waals surface area contributed by atoms with Gasteiger partial charge in [-0.3, -0.25) is 9.59 Å². The SMILES string of the molecule is COc1ccc2c(c1)[C@@H]1CNC[C@H]1N(C)C2=O.COc1ccc2c(c1)[C@@H]1CNC[C@H]1NC2=O.Cl.Cl. The third kappa shape index (κ3) is 4.80. The zero-order valence-electron chi connectivity index (χ0n) is 20.0. The van der Waals surface area contributed by atoms with Crippen molar-refractivity contribution in [3.63, 3.8) is 0 Å². The summed E-state index contributed by atoms with van der Waals surface area (Å²) < 4.78 is 10.5. The van der Waals surface area contributed by atoms with Crippen LogP contribution in [0.1, 0.15) is 43.7 Å². The van der Waals surface area contributed by atoms with E-state index < -0.39 is 0 Å². The third-order valence-corrected chi connectivity index (χ3v) is 7.32. The van der Waals surface area contributed by atoms with Gasteiger partial charge in [-0.2, -0.15) is 0 Å². The van der Waals surface area contributed by atoms with Gasteiger partial charge in [0.05, 0.1) is 20.3 Å². The first-order chi connectivity index (χ1) is 16.0. The largest absolute Gasteiger partial charge is 0.497 e. The van der Waals surface area contributed by atoms with E-state index in [1.54, 1.807) is 14.2 Å². The molecular formula is C25H32Cl2N4O4. The minimum Gasteiger partial charge on any atom is -0.497 e. The van der Waals surface area contributed by atoms with Crippen LogP contribution >= 0.6 is 24.8 Å². The van der Waals surface area contributed by atoms with Crippen molar-refractivity contribution in [2.45, 2.75) is 23.9 Å². The van der Waals surface area contributed by atoms with Crippen LogP contribution in [0.25, 0.3) is 0 Å². The Morgan fingerprint density at radius 3 is 2.03 bits per heavy atom. The Hall–Kier alpha value is -2.52. The fraction of sp³-hybridized carbons (Fsp3) is 0.440. The molecule has 8 nitrogen and oxygen atoms in total. The fourth-order valence-electron chi connectivity index (χ4n) is 5.48. The zero-order chi connectivity index (χ0) is 23.1. The van der Waals surface area contributed by atoms with E-state index in [4.69, 9.17) is 9.47 Å². The Balaban J connectivity index is 0.000000185. The Morgan fingerprint density at radius 2 is 1.37 bits per heavy atom. The van der Waals surface area contributed by atoms with Crippen LogP contribution in [0.2, 0.25) is 0 Å². The molecule has 0 aromatic heterocycles. The van der Waals surface area contributed by atoms with E-state index in [2.05, 4.69) is 16.0 Å². The van der Waals surface area contributed by atoms with Crippen LogP contribution in [-0.4, -0.2) is 76.2 Å². The third-order valence-electron chi connectivity index (χ3n) is 7.32. The number of carbonyl (C=O) groups is 2. The average Bonchev–Trinajstić information content (AvgIpc) is 3.52. The smallest absolute Gasteiger partial charge is 0.254 e. The number of nitrogens with zero attached hydrogens (tertiary/aromatic N) is 1. The van der Waals surface area contributed by atoms with Crippen molar-refractivity contribution >= 4 is 36.6 Å². The Labute approximate surface area is 217 Å². The quantitative estimate of drug-likeness (QED) is 0.559. The molecule has 2 aromatic rings. The molecule has 4 heterocycles. The van der Waals surface area contributed by atoms with Gasteiger partial charge in [-0.05, 0) is 47.5 Å². The van der Waals surface area contributed by atoms with Crippen LogP contribution in [0, 0.1) is 0 Å². The van der Waals surface area contributed by atoms with E-state index in [1.165, 1.54) is 0 Å². The molecule has 4 aliphatic heterocycles. The van der Waals surface area contributed by atoms with Crippen molar-refractivity contribution in [2.24, 2.45) is 0 Å². The van der Waals surface area contributed by atoms with E-state index in [0.717, 1.165) is 59.9 Å². The lowest BCUT2D eigenvalue weighted by Crippen LogP contribution is -2.45. The van der Waals surface area contributed by atoms with Gasteiger partial charge < -0.3 is 30.3 Å². The van der Waals surface area contributed by atoms with Gasteiger partial charge in [0.2, 0.25) is 0 Å². The van der Waals surface area contributed by atoms with Crippen molar-refractivity contribution in [2.75, 3.05) is 47.4 Å². The maximum absolute atomic E-state index is 12.2. The van der Waals surface area contributed by atoms with Gasteiger partial charge in [0.15, 0.2) is 0 Å². The summed E-state index contributed by atoms with van der Waals surface area (Å²) in [5, 5.41) is 9.70. The molecule has 2 amide bonds. The molecule has 2 saturated heterocycles. The number of carbonyl (C=O) groups excluding carboxylic acids is 2. The van der Waals surface area contributed by atoms with Gasteiger partial charge in [0.1, 0.15) is 11.5 Å². The lowest BCUT2D eigenvalue weighted by atomic mass is 9.85. The number of hydrogen-bond acceptors (Lipinski definition) is 6. The average molecular weight is 523 g/mol. The number of likely N-dealkylation sites (N-methyl/N-ethyl adjacent to an activating group) is 1. The van der Waals surface area contributed by atoms with Crippen LogP contribution in [0.15, 0.2) is 36.4 Å².